The molecule has 0 aromatic rings. The van der Waals surface area contributed by atoms with Gasteiger partial charge in [0.25, 0.3) is 0 Å². The zero-order valence-electron chi connectivity index (χ0n) is 9.80. The molecule has 17 heavy (non-hydrogen) atoms. The number of amides is 1. The van der Waals surface area contributed by atoms with Crippen LogP contribution in [0.1, 0.15) is 26.2 Å². The van der Waals surface area contributed by atoms with E-state index in [-0.39, 0.29) is 31.5 Å². The van der Waals surface area contributed by atoms with E-state index in [9.17, 15) is 17.1 Å². The number of aliphatic hydroxyl groups excluding tert-OH is 1. The standard InChI is InChI=1S/C10H18FNO4S/c1-2-3-9(6-13)12-5-8(4-10(12)14)7-17(11,15)16/h8-9,13H,2-7H2,1H3. The molecule has 7 heteroatoms. The highest BCUT2D eigenvalue weighted by Crippen LogP contribution is 2.23. The van der Waals surface area contributed by atoms with Crippen LogP contribution >= 0.6 is 0 Å². The summed E-state index contributed by atoms with van der Waals surface area (Å²) < 4.78 is 33.6. The third-order valence-corrected chi connectivity index (χ3v) is 3.82. The summed E-state index contributed by atoms with van der Waals surface area (Å²) in [4.78, 5) is 13.1. The van der Waals surface area contributed by atoms with Crippen LogP contribution in [-0.2, 0) is 15.0 Å². The molecule has 1 N–H and O–H groups in total. The second kappa shape index (κ2) is 5.77. The van der Waals surface area contributed by atoms with E-state index in [1.807, 2.05) is 6.92 Å². The molecule has 0 aromatic heterocycles. The van der Waals surface area contributed by atoms with E-state index in [4.69, 9.17) is 5.11 Å². The quantitative estimate of drug-likeness (QED) is 0.702. The van der Waals surface area contributed by atoms with E-state index >= 15 is 0 Å². The van der Waals surface area contributed by atoms with Gasteiger partial charge in [0.15, 0.2) is 0 Å². The number of hydrogen-bond acceptors (Lipinski definition) is 4. The van der Waals surface area contributed by atoms with Gasteiger partial charge in [-0.15, -0.1) is 3.89 Å². The predicted octanol–water partition coefficient (Wildman–Crippen LogP) is 0.295. The lowest BCUT2D eigenvalue weighted by molar-refractivity contribution is -0.130. The Balaban J connectivity index is 2.63. The summed E-state index contributed by atoms with van der Waals surface area (Å²) in [6.07, 6.45) is 1.53. The molecule has 1 aliphatic heterocycles. The highest BCUT2D eigenvalue weighted by atomic mass is 32.3. The molecule has 1 fully saturated rings. The zero-order chi connectivity index (χ0) is 13.1. The fourth-order valence-electron chi connectivity index (χ4n) is 2.23. The summed E-state index contributed by atoms with van der Waals surface area (Å²) >= 11 is 0. The lowest BCUT2D eigenvalue weighted by Gasteiger charge is -2.26. The van der Waals surface area contributed by atoms with Crippen molar-refractivity contribution in [3.8, 4) is 0 Å². The van der Waals surface area contributed by atoms with Crippen LogP contribution in [0.3, 0.4) is 0 Å². The summed E-state index contributed by atoms with van der Waals surface area (Å²) in [5.41, 5.74) is 0. The minimum absolute atomic E-state index is 0.0450. The van der Waals surface area contributed by atoms with Crippen molar-refractivity contribution >= 4 is 16.1 Å². The molecule has 5 nitrogen and oxygen atoms in total. The molecule has 100 valence electrons. The first-order valence-corrected chi connectivity index (χ1v) is 7.25. The van der Waals surface area contributed by atoms with E-state index in [0.717, 1.165) is 6.42 Å². The molecule has 0 aliphatic carbocycles. The van der Waals surface area contributed by atoms with Crippen molar-refractivity contribution in [2.24, 2.45) is 5.92 Å². The van der Waals surface area contributed by atoms with E-state index < -0.39 is 21.9 Å². The molecule has 0 aromatic carbocycles. The Morgan fingerprint density at radius 1 is 1.59 bits per heavy atom. The molecule has 0 bridgehead atoms. The number of carbonyl (C=O) groups is 1. The molecule has 0 radical (unpaired) electrons. The van der Waals surface area contributed by atoms with Crippen molar-refractivity contribution in [2.75, 3.05) is 18.9 Å². The van der Waals surface area contributed by atoms with Gasteiger partial charge in [0.1, 0.15) is 0 Å². The summed E-state index contributed by atoms with van der Waals surface area (Å²) in [5, 5.41) is 9.17. The van der Waals surface area contributed by atoms with Crippen molar-refractivity contribution in [3.63, 3.8) is 0 Å². The maximum Gasteiger partial charge on any atom is 0.302 e. The van der Waals surface area contributed by atoms with Crippen LogP contribution in [0.25, 0.3) is 0 Å². The summed E-state index contributed by atoms with van der Waals surface area (Å²) in [6, 6.07) is -0.278. The van der Waals surface area contributed by atoms with Gasteiger partial charge in [0.05, 0.1) is 18.4 Å². The Labute approximate surface area is 101 Å². The molecule has 1 saturated heterocycles. The SMILES string of the molecule is CCCC(CO)N1CC(CS(=O)(=O)F)CC1=O. The highest BCUT2D eigenvalue weighted by Gasteiger charge is 2.35. The number of likely N-dealkylation sites (tertiary alicyclic amines) is 1. The Morgan fingerprint density at radius 3 is 2.71 bits per heavy atom. The number of aliphatic hydroxyl groups is 1. The van der Waals surface area contributed by atoms with Gasteiger partial charge >= 0.3 is 10.2 Å². The zero-order valence-corrected chi connectivity index (χ0v) is 10.6. The van der Waals surface area contributed by atoms with E-state index in [1.165, 1.54) is 4.90 Å². The molecule has 1 rings (SSSR count). The molecule has 0 spiro atoms. The van der Waals surface area contributed by atoms with E-state index in [0.29, 0.717) is 6.42 Å². The number of carbonyl (C=O) groups excluding carboxylic acids is 1. The Morgan fingerprint density at radius 2 is 2.24 bits per heavy atom. The topological polar surface area (TPSA) is 74.7 Å². The largest absolute Gasteiger partial charge is 0.394 e. The second-order valence-electron chi connectivity index (χ2n) is 4.45. The summed E-state index contributed by atoms with van der Waals surface area (Å²) in [6.45, 7) is 2.01. The van der Waals surface area contributed by atoms with Crippen molar-refractivity contribution < 1.29 is 22.2 Å². The highest BCUT2D eigenvalue weighted by molar-refractivity contribution is 7.86. The van der Waals surface area contributed by atoms with Crippen molar-refractivity contribution in [1.82, 2.24) is 4.90 Å². The van der Waals surface area contributed by atoms with Gasteiger partial charge in [0, 0.05) is 18.9 Å². The first-order valence-electron chi connectivity index (χ1n) is 5.70. The second-order valence-corrected chi connectivity index (χ2v) is 5.86. The van der Waals surface area contributed by atoms with E-state index in [1.54, 1.807) is 0 Å². The lowest BCUT2D eigenvalue weighted by Crippen LogP contribution is -2.39. The van der Waals surface area contributed by atoms with Gasteiger partial charge in [0.2, 0.25) is 5.91 Å². The normalized spacial score (nSPS) is 23.1. The molecule has 2 atom stereocenters. The molecule has 1 amide bonds. The minimum atomic E-state index is -4.54. The number of rotatable bonds is 6. The molecular formula is C10H18FNO4S. The molecule has 0 saturated carbocycles. The van der Waals surface area contributed by atoms with Crippen LogP contribution < -0.4 is 0 Å². The van der Waals surface area contributed by atoms with Gasteiger partial charge in [-0.2, -0.15) is 8.42 Å². The minimum Gasteiger partial charge on any atom is -0.394 e. The Kier molecular flexibility index (Phi) is 4.88. The Hall–Kier alpha value is -0.690. The molecular weight excluding hydrogens is 249 g/mol. The fourth-order valence-corrected chi connectivity index (χ4v) is 3.02. The number of hydrogen-bond donors (Lipinski definition) is 1. The molecule has 1 aliphatic rings. The van der Waals surface area contributed by atoms with Gasteiger partial charge in [-0.25, -0.2) is 0 Å². The summed E-state index contributed by atoms with van der Waals surface area (Å²) in [5.74, 6) is -1.31. The molecule has 2 unspecified atom stereocenters. The van der Waals surface area contributed by atoms with Crippen molar-refractivity contribution in [1.29, 1.82) is 0 Å². The van der Waals surface area contributed by atoms with Crippen molar-refractivity contribution in [3.05, 3.63) is 0 Å². The first kappa shape index (κ1) is 14.4. The third-order valence-electron chi connectivity index (χ3n) is 2.95. The number of nitrogens with zero attached hydrogens (tertiary/aromatic N) is 1. The van der Waals surface area contributed by atoms with Crippen LogP contribution in [0, 0.1) is 5.92 Å². The lowest BCUT2D eigenvalue weighted by atomic mass is 10.1. The van der Waals surface area contributed by atoms with Crippen LogP contribution in [-0.4, -0.2) is 49.3 Å². The third kappa shape index (κ3) is 4.23. The summed E-state index contributed by atoms with van der Waals surface area (Å²) in [7, 11) is -4.54. The maximum atomic E-state index is 12.5. The molecule has 1 heterocycles. The monoisotopic (exact) mass is 267 g/mol. The van der Waals surface area contributed by atoms with Crippen LogP contribution in [0.15, 0.2) is 0 Å². The van der Waals surface area contributed by atoms with Gasteiger partial charge in [-0.3, -0.25) is 4.79 Å². The Bertz CT molecular complexity index is 371. The van der Waals surface area contributed by atoms with Gasteiger partial charge in [-0.05, 0) is 6.42 Å². The van der Waals surface area contributed by atoms with Crippen LogP contribution in [0.5, 0.6) is 0 Å². The van der Waals surface area contributed by atoms with Gasteiger partial charge < -0.3 is 10.0 Å². The average molecular weight is 267 g/mol. The number of halogens is 1. The predicted molar refractivity (Wildman–Crippen MR) is 60.5 cm³/mol. The maximum absolute atomic E-state index is 12.5. The van der Waals surface area contributed by atoms with Crippen molar-refractivity contribution in [2.45, 2.75) is 32.2 Å². The fraction of sp³-hybridized carbons (Fsp3) is 0.900. The first-order chi connectivity index (χ1) is 7.87. The average Bonchev–Trinajstić information content (AvgIpc) is 2.53. The smallest absolute Gasteiger partial charge is 0.302 e. The van der Waals surface area contributed by atoms with Gasteiger partial charge in [-0.1, -0.05) is 13.3 Å². The van der Waals surface area contributed by atoms with Crippen LogP contribution in [0.4, 0.5) is 3.89 Å². The van der Waals surface area contributed by atoms with Crippen LogP contribution in [0.2, 0.25) is 0 Å². The van der Waals surface area contributed by atoms with E-state index in [2.05, 4.69) is 0 Å².